The van der Waals surface area contributed by atoms with Crippen molar-refractivity contribution < 1.29 is 17.2 Å². The van der Waals surface area contributed by atoms with E-state index in [1.807, 2.05) is 6.07 Å². The van der Waals surface area contributed by atoms with Gasteiger partial charge in [-0.15, -0.1) is 0 Å². The second kappa shape index (κ2) is 12.0. The van der Waals surface area contributed by atoms with E-state index in [2.05, 4.69) is 30.3 Å². The van der Waals surface area contributed by atoms with Gasteiger partial charge < -0.3 is 10.6 Å². The summed E-state index contributed by atoms with van der Waals surface area (Å²) in [6.45, 7) is 6.21. The maximum atomic E-state index is 15.2. The fourth-order valence-corrected chi connectivity index (χ4v) is 6.23. The molecule has 14 heteroatoms. The Kier molecular flexibility index (Phi) is 8.38. The van der Waals surface area contributed by atoms with E-state index in [-0.39, 0.29) is 57.3 Å². The highest BCUT2D eigenvalue weighted by Crippen LogP contribution is 2.25. The van der Waals surface area contributed by atoms with E-state index in [1.54, 1.807) is 39.0 Å². The molecular formula is C29H30F2N8O3S. The first kappa shape index (κ1) is 30.0. The van der Waals surface area contributed by atoms with Crippen LogP contribution in [-0.2, 0) is 15.8 Å². The van der Waals surface area contributed by atoms with E-state index < -0.39 is 33.3 Å². The highest BCUT2D eigenvalue weighted by molar-refractivity contribution is 7.91. The fraction of sp³-hybridized carbons (Fsp3) is 0.345. The maximum Gasteiger partial charge on any atom is 0.278 e. The number of hydrogen-bond acceptors (Lipinski definition) is 9. The molecule has 43 heavy (non-hydrogen) atoms. The third-order valence-electron chi connectivity index (χ3n) is 7.02. The van der Waals surface area contributed by atoms with E-state index in [0.717, 1.165) is 11.6 Å². The molecule has 2 atom stereocenters. The van der Waals surface area contributed by atoms with Crippen LogP contribution in [0.1, 0.15) is 43.0 Å². The molecule has 2 aromatic carbocycles. The van der Waals surface area contributed by atoms with Gasteiger partial charge in [0.25, 0.3) is 5.56 Å². The molecule has 5 rings (SSSR count). The molecule has 0 aliphatic carbocycles. The van der Waals surface area contributed by atoms with Gasteiger partial charge in [-0.2, -0.15) is 10.2 Å². The smallest absolute Gasteiger partial charge is 0.278 e. The first-order valence-electron chi connectivity index (χ1n) is 13.6. The Morgan fingerprint density at radius 3 is 2.67 bits per heavy atom. The molecule has 0 amide bonds. The van der Waals surface area contributed by atoms with E-state index in [1.165, 1.54) is 22.9 Å². The second-order valence-electron chi connectivity index (χ2n) is 10.8. The third-order valence-corrected chi connectivity index (χ3v) is 8.24. The van der Waals surface area contributed by atoms with Crippen molar-refractivity contribution in [3.63, 3.8) is 0 Å². The van der Waals surface area contributed by atoms with Crippen molar-refractivity contribution in [1.29, 1.82) is 5.26 Å². The zero-order valence-electron chi connectivity index (χ0n) is 23.7. The van der Waals surface area contributed by atoms with Crippen molar-refractivity contribution in [3.05, 3.63) is 75.5 Å². The Labute approximate surface area is 247 Å². The molecule has 0 unspecified atom stereocenters. The van der Waals surface area contributed by atoms with Gasteiger partial charge in [0, 0.05) is 37.2 Å². The van der Waals surface area contributed by atoms with Crippen LogP contribution >= 0.6 is 0 Å². The number of aryl methyl sites for hydroxylation is 1. The number of halogens is 2. The first-order chi connectivity index (χ1) is 20.4. The van der Waals surface area contributed by atoms with Crippen molar-refractivity contribution in [3.8, 4) is 17.3 Å². The van der Waals surface area contributed by atoms with Gasteiger partial charge in [0.2, 0.25) is 16.0 Å². The van der Waals surface area contributed by atoms with Crippen LogP contribution in [0.4, 0.5) is 20.4 Å². The lowest BCUT2D eigenvalue weighted by atomic mass is 10.1. The van der Waals surface area contributed by atoms with Crippen molar-refractivity contribution >= 4 is 32.8 Å². The summed E-state index contributed by atoms with van der Waals surface area (Å²) in [5.41, 5.74) is 1.10. The van der Waals surface area contributed by atoms with Gasteiger partial charge in [0.05, 0.1) is 29.3 Å². The number of fused-ring (bicyclic) bond motifs is 1. The van der Waals surface area contributed by atoms with E-state index >= 15 is 4.39 Å². The Balaban J connectivity index is 1.44. The molecule has 2 aromatic heterocycles. The van der Waals surface area contributed by atoms with Crippen LogP contribution in [0.15, 0.2) is 47.4 Å². The number of benzene rings is 2. The molecule has 0 radical (unpaired) electrons. The minimum atomic E-state index is -4.08. The maximum absolute atomic E-state index is 15.2. The Morgan fingerprint density at radius 1 is 1.19 bits per heavy atom. The quantitative estimate of drug-likeness (QED) is 0.271. The number of rotatable bonds is 8. The number of hydrogen-bond donors (Lipinski definition) is 3. The number of aromatic nitrogens is 4. The number of alkyl halides is 1. The van der Waals surface area contributed by atoms with Crippen LogP contribution in [-0.4, -0.2) is 53.2 Å². The number of sulfonamides is 1. The highest BCUT2D eigenvalue weighted by Gasteiger charge is 2.23. The third kappa shape index (κ3) is 6.63. The molecule has 4 aromatic rings. The molecule has 224 valence electrons. The Morgan fingerprint density at radius 2 is 1.98 bits per heavy atom. The molecule has 0 bridgehead atoms. The Bertz CT molecular complexity index is 1910. The van der Waals surface area contributed by atoms with Crippen molar-refractivity contribution in [1.82, 2.24) is 24.8 Å². The van der Waals surface area contributed by atoms with Crippen molar-refractivity contribution in [2.45, 2.75) is 51.2 Å². The molecule has 1 saturated heterocycles. The normalized spacial score (nSPS) is 17.1. The van der Waals surface area contributed by atoms with Crippen LogP contribution < -0.4 is 20.9 Å². The molecule has 0 spiro atoms. The standard InChI is InChI=1S/C29H30F2N8O3S/c1-16(2)39-27-25(14-34-29(37-27)35-22-10-21(30)12-33-13-22)36-26(28(39)40)18-6-7-24(23(31)9-18)38-43(41,42)15-19-5-4-17(3)8-20(19)11-32/h4-9,14,16,21-22,33,38H,10,12-13,15H2,1-3H3,(H,34,35,37)/t21-,22-/m0/s1. The largest absolute Gasteiger partial charge is 0.350 e. The van der Waals surface area contributed by atoms with E-state index in [0.29, 0.717) is 19.5 Å². The predicted octanol–water partition coefficient (Wildman–Crippen LogP) is 3.81. The molecular weight excluding hydrogens is 578 g/mol. The summed E-state index contributed by atoms with van der Waals surface area (Å²) in [7, 11) is -4.08. The monoisotopic (exact) mass is 608 g/mol. The van der Waals surface area contributed by atoms with Gasteiger partial charge in [0.1, 0.15) is 23.2 Å². The number of nitrogens with zero attached hydrogens (tertiary/aromatic N) is 5. The van der Waals surface area contributed by atoms with Gasteiger partial charge in [-0.25, -0.2) is 27.2 Å². The number of anilines is 2. The molecule has 11 nitrogen and oxygen atoms in total. The molecule has 1 fully saturated rings. The summed E-state index contributed by atoms with van der Waals surface area (Å²) in [5, 5.41) is 15.5. The molecule has 3 heterocycles. The number of piperidine rings is 1. The Hall–Kier alpha value is -4.48. The topological polar surface area (TPSA) is 155 Å². The summed E-state index contributed by atoms with van der Waals surface area (Å²) in [4.78, 5) is 26.8. The zero-order valence-corrected chi connectivity index (χ0v) is 24.5. The highest BCUT2D eigenvalue weighted by atomic mass is 32.2. The van der Waals surface area contributed by atoms with Gasteiger partial charge >= 0.3 is 0 Å². The van der Waals surface area contributed by atoms with E-state index in [9.17, 15) is 22.9 Å². The average Bonchev–Trinajstić information content (AvgIpc) is 2.94. The average molecular weight is 609 g/mol. The summed E-state index contributed by atoms with van der Waals surface area (Å²) in [5.74, 6) is -1.21. The lowest BCUT2D eigenvalue weighted by molar-refractivity contribution is 0.254. The minimum absolute atomic E-state index is 0.0612. The minimum Gasteiger partial charge on any atom is -0.350 e. The summed E-state index contributed by atoms with van der Waals surface area (Å²) in [6, 6.07) is 9.88. The van der Waals surface area contributed by atoms with E-state index in [4.69, 9.17) is 0 Å². The summed E-state index contributed by atoms with van der Waals surface area (Å²) < 4.78 is 58.3. The number of nitrogens with one attached hydrogen (secondary N) is 3. The first-order valence-corrected chi connectivity index (χ1v) is 15.3. The lowest BCUT2D eigenvalue weighted by Gasteiger charge is -2.26. The van der Waals surface area contributed by atoms with Gasteiger partial charge in [-0.3, -0.25) is 14.1 Å². The van der Waals surface area contributed by atoms with Gasteiger partial charge in [-0.1, -0.05) is 18.2 Å². The summed E-state index contributed by atoms with van der Waals surface area (Å²) in [6.07, 6.45) is 0.749. The molecule has 1 aliphatic rings. The molecule has 3 N–H and O–H groups in total. The van der Waals surface area contributed by atoms with Gasteiger partial charge in [-0.05, 0) is 50.1 Å². The zero-order chi connectivity index (χ0) is 30.9. The van der Waals surface area contributed by atoms with Gasteiger partial charge in [0.15, 0.2) is 5.65 Å². The molecule has 0 saturated carbocycles. The predicted molar refractivity (Wildman–Crippen MR) is 159 cm³/mol. The van der Waals surface area contributed by atoms with Crippen molar-refractivity contribution in [2.24, 2.45) is 0 Å². The van der Waals surface area contributed by atoms with Crippen LogP contribution in [0, 0.1) is 24.1 Å². The van der Waals surface area contributed by atoms with Crippen LogP contribution in [0.2, 0.25) is 0 Å². The second-order valence-corrected chi connectivity index (χ2v) is 12.5. The van der Waals surface area contributed by atoms with Crippen LogP contribution in [0.5, 0.6) is 0 Å². The number of nitriles is 1. The summed E-state index contributed by atoms with van der Waals surface area (Å²) >= 11 is 0. The van der Waals surface area contributed by atoms with Crippen LogP contribution in [0.25, 0.3) is 22.4 Å². The SMILES string of the molecule is Cc1ccc(CS(=O)(=O)Nc2ccc(-c3nc4cnc(N[C@@H]5CNC[C@@H](F)C5)nc4n(C(C)C)c3=O)cc2F)c(C#N)c1. The molecule has 1 aliphatic heterocycles. The lowest BCUT2D eigenvalue weighted by Crippen LogP contribution is -2.44. The van der Waals surface area contributed by atoms with Crippen LogP contribution in [0.3, 0.4) is 0 Å². The fourth-order valence-electron chi connectivity index (χ4n) is 4.99. The van der Waals surface area contributed by atoms with Crippen molar-refractivity contribution in [2.75, 3.05) is 23.1 Å².